The molecule has 0 saturated carbocycles. The maximum atomic E-state index is 13.2. The van der Waals surface area contributed by atoms with Crippen LogP contribution in [0.5, 0.6) is 11.6 Å². The number of ether oxygens (including phenoxy) is 1. The van der Waals surface area contributed by atoms with Crippen molar-refractivity contribution in [3.63, 3.8) is 0 Å². The zero-order valence-electron chi connectivity index (χ0n) is 14.4. The summed E-state index contributed by atoms with van der Waals surface area (Å²) in [5.74, 6) is -0.524. The van der Waals surface area contributed by atoms with E-state index in [1.165, 1.54) is 12.1 Å². The quantitative estimate of drug-likeness (QED) is 0.473. The van der Waals surface area contributed by atoms with Gasteiger partial charge in [-0.25, -0.2) is 4.98 Å². The van der Waals surface area contributed by atoms with Gasteiger partial charge < -0.3 is 10.1 Å². The largest absolute Gasteiger partial charge is 0.434 e. The van der Waals surface area contributed by atoms with Crippen LogP contribution in [0.3, 0.4) is 0 Å². The summed E-state index contributed by atoms with van der Waals surface area (Å²) in [6.45, 7) is 1.86. The van der Waals surface area contributed by atoms with Crippen molar-refractivity contribution in [2.75, 3.05) is 5.32 Å². The third-order valence-corrected chi connectivity index (χ3v) is 3.69. The first kappa shape index (κ1) is 19.1. The van der Waals surface area contributed by atoms with Gasteiger partial charge in [-0.2, -0.15) is 18.2 Å². The molecule has 0 aliphatic rings. The van der Waals surface area contributed by atoms with Crippen molar-refractivity contribution in [1.82, 2.24) is 9.97 Å². The molecule has 0 unspecified atom stereocenters. The number of aryl methyl sites for hydroxylation is 1. The molecule has 0 amide bonds. The van der Waals surface area contributed by atoms with E-state index in [1.54, 1.807) is 24.3 Å². The van der Waals surface area contributed by atoms with E-state index < -0.39 is 34.0 Å². The summed E-state index contributed by atoms with van der Waals surface area (Å²) in [4.78, 5) is 18.2. The molecule has 1 heterocycles. The minimum Gasteiger partial charge on any atom is -0.434 e. The van der Waals surface area contributed by atoms with E-state index >= 15 is 0 Å². The van der Waals surface area contributed by atoms with Crippen molar-refractivity contribution < 1.29 is 22.8 Å². The normalized spacial score (nSPS) is 11.1. The molecule has 1 N–H and O–H groups in total. The van der Waals surface area contributed by atoms with Gasteiger partial charge in [0, 0.05) is 0 Å². The maximum absolute atomic E-state index is 13.2. The molecule has 28 heavy (non-hydrogen) atoms. The van der Waals surface area contributed by atoms with E-state index in [9.17, 15) is 23.3 Å². The van der Waals surface area contributed by atoms with Gasteiger partial charge in [0.15, 0.2) is 0 Å². The molecule has 3 aromatic rings. The third-order valence-electron chi connectivity index (χ3n) is 3.69. The van der Waals surface area contributed by atoms with E-state index in [4.69, 9.17) is 4.74 Å². The summed E-state index contributed by atoms with van der Waals surface area (Å²) >= 11 is 0. The minimum absolute atomic E-state index is 0.286. The molecule has 3 rings (SSSR count). The summed E-state index contributed by atoms with van der Waals surface area (Å²) in [7, 11) is 0. The van der Waals surface area contributed by atoms with Crippen molar-refractivity contribution >= 4 is 17.2 Å². The highest BCUT2D eigenvalue weighted by Crippen LogP contribution is 2.39. The molecule has 0 bridgehead atoms. The van der Waals surface area contributed by atoms with Gasteiger partial charge in [0.05, 0.1) is 16.2 Å². The lowest BCUT2D eigenvalue weighted by Crippen LogP contribution is -2.10. The predicted octanol–water partition coefficient (Wildman–Crippen LogP) is 5.25. The molecule has 0 saturated heterocycles. The van der Waals surface area contributed by atoms with Crippen LogP contribution in [0, 0.1) is 17.0 Å². The van der Waals surface area contributed by atoms with Crippen LogP contribution in [0.15, 0.2) is 54.9 Å². The first-order valence-corrected chi connectivity index (χ1v) is 7.93. The van der Waals surface area contributed by atoms with Gasteiger partial charge in [-0.1, -0.05) is 29.8 Å². The Morgan fingerprint density at radius 3 is 2.39 bits per heavy atom. The monoisotopic (exact) mass is 390 g/mol. The van der Waals surface area contributed by atoms with Gasteiger partial charge >= 0.3 is 17.7 Å². The predicted molar refractivity (Wildman–Crippen MR) is 94.7 cm³/mol. The molecule has 0 aliphatic heterocycles. The average molecular weight is 390 g/mol. The molecule has 0 spiro atoms. The van der Waals surface area contributed by atoms with Gasteiger partial charge in [-0.15, -0.1) is 0 Å². The van der Waals surface area contributed by atoms with Crippen LogP contribution < -0.4 is 10.1 Å². The van der Waals surface area contributed by atoms with E-state index in [0.717, 1.165) is 24.0 Å². The van der Waals surface area contributed by atoms with Gasteiger partial charge in [0.1, 0.15) is 12.1 Å². The summed E-state index contributed by atoms with van der Waals surface area (Å²) in [5.41, 5.74) is -1.09. The molecule has 0 radical (unpaired) electrons. The number of hydrogen-bond donors (Lipinski definition) is 1. The lowest BCUT2D eigenvalue weighted by atomic mass is 10.1. The second-order valence-corrected chi connectivity index (χ2v) is 5.72. The molecule has 7 nitrogen and oxygen atoms in total. The fourth-order valence-corrected chi connectivity index (χ4v) is 2.38. The molecule has 0 aliphatic carbocycles. The SMILES string of the molecule is Cc1ccc(Oc2ncnc(Nc3ccccc3C(F)(F)F)c2[N+](=O)[O-])cc1. The number of anilines is 2. The van der Waals surface area contributed by atoms with E-state index in [-0.39, 0.29) is 11.4 Å². The molecule has 10 heteroatoms. The Morgan fingerprint density at radius 2 is 1.75 bits per heavy atom. The van der Waals surface area contributed by atoms with E-state index in [2.05, 4.69) is 15.3 Å². The fraction of sp³-hybridized carbons (Fsp3) is 0.111. The topological polar surface area (TPSA) is 90.2 Å². The van der Waals surface area contributed by atoms with Gasteiger partial charge in [-0.05, 0) is 31.2 Å². The number of aromatic nitrogens is 2. The molecule has 0 atom stereocenters. The van der Waals surface area contributed by atoms with Crippen molar-refractivity contribution in [3.8, 4) is 11.6 Å². The van der Waals surface area contributed by atoms with Crippen LogP contribution in [0.25, 0.3) is 0 Å². The fourth-order valence-electron chi connectivity index (χ4n) is 2.38. The Labute approximate surface area is 157 Å². The third kappa shape index (κ3) is 4.17. The number of nitrogens with zero attached hydrogens (tertiary/aromatic N) is 3. The Hall–Kier alpha value is -3.69. The standard InChI is InChI=1S/C18H13F3N4O3/c1-11-6-8-12(9-7-11)28-17-15(25(26)27)16(22-10-23-17)24-14-5-3-2-4-13(14)18(19,20)21/h2-10H,1H3,(H,22,23,24). The summed E-state index contributed by atoms with van der Waals surface area (Å²) in [6.07, 6.45) is -3.68. The zero-order chi connectivity index (χ0) is 20.3. The highest BCUT2D eigenvalue weighted by atomic mass is 19.4. The number of para-hydroxylation sites is 1. The number of nitro groups is 1. The number of alkyl halides is 3. The highest BCUT2D eigenvalue weighted by Gasteiger charge is 2.34. The second-order valence-electron chi connectivity index (χ2n) is 5.72. The number of halogens is 3. The second kappa shape index (κ2) is 7.51. The molecule has 2 aromatic carbocycles. The van der Waals surface area contributed by atoms with Crippen molar-refractivity contribution in [1.29, 1.82) is 0 Å². The molecular weight excluding hydrogens is 377 g/mol. The Kier molecular flexibility index (Phi) is 5.12. The summed E-state index contributed by atoms with van der Waals surface area (Å²) in [6, 6.07) is 11.2. The van der Waals surface area contributed by atoms with E-state index in [1.807, 2.05) is 6.92 Å². The van der Waals surface area contributed by atoms with Crippen LogP contribution >= 0.6 is 0 Å². The van der Waals surface area contributed by atoms with Crippen molar-refractivity contribution in [2.24, 2.45) is 0 Å². The maximum Gasteiger partial charge on any atom is 0.418 e. The van der Waals surface area contributed by atoms with Crippen LogP contribution in [0.4, 0.5) is 30.4 Å². The Morgan fingerprint density at radius 1 is 1.07 bits per heavy atom. The van der Waals surface area contributed by atoms with Crippen LogP contribution in [-0.2, 0) is 6.18 Å². The molecule has 144 valence electrons. The number of benzene rings is 2. The van der Waals surface area contributed by atoms with E-state index in [0.29, 0.717) is 0 Å². The first-order valence-electron chi connectivity index (χ1n) is 7.93. The van der Waals surface area contributed by atoms with Crippen LogP contribution in [0.2, 0.25) is 0 Å². The first-order chi connectivity index (χ1) is 13.3. The lowest BCUT2D eigenvalue weighted by Gasteiger charge is -2.14. The lowest BCUT2D eigenvalue weighted by molar-refractivity contribution is -0.385. The molecule has 0 fully saturated rings. The highest BCUT2D eigenvalue weighted by molar-refractivity contribution is 5.70. The number of hydrogen-bond acceptors (Lipinski definition) is 6. The molecular formula is C18H13F3N4O3. The number of rotatable bonds is 5. The summed E-state index contributed by atoms with van der Waals surface area (Å²) in [5, 5.41) is 13.9. The van der Waals surface area contributed by atoms with Gasteiger partial charge in [0.25, 0.3) is 0 Å². The van der Waals surface area contributed by atoms with Crippen LogP contribution in [-0.4, -0.2) is 14.9 Å². The minimum atomic E-state index is -4.65. The van der Waals surface area contributed by atoms with Crippen LogP contribution in [0.1, 0.15) is 11.1 Å². The smallest absolute Gasteiger partial charge is 0.418 e. The van der Waals surface area contributed by atoms with Crippen molar-refractivity contribution in [2.45, 2.75) is 13.1 Å². The summed E-state index contributed by atoms with van der Waals surface area (Å²) < 4.78 is 45.0. The van der Waals surface area contributed by atoms with Gasteiger partial charge in [-0.3, -0.25) is 10.1 Å². The number of nitrogens with one attached hydrogen (secondary N) is 1. The average Bonchev–Trinajstić information content (AvgIpc) is 2.63. The Bertz CT molecular complexity index is 1010. The van der Waals surface area contributed by atoms with Gasteiger partial charge in [0.2, 0.25) is 5.82 Å². The molecule has 1 aromatic heterocycles. The Balaban J connectivity index is 2.01. The van der Waals surface area contributed by atoms with Crippen molar-refractivity contribution in [3.05, 3.63) is 76.1 Å². The zero-order valence-corrected chi connectivity index (χ0v) is 14.4.